The van der Waals surface area contributed by atoms with Crippen molar-refractivity contribution in [1.29, 1.82) is 0 Å². The summed E-state index contributed by atoms with van der Waals surface area (Å²) in [5.74, 6) is 1.54. The first-order valence-corrected chi connectivity index (χ1v) is 10.6. The molecule has 1 atom stereocenters. The SMILES string of the molecule is CCCCNC(=NCc1ccc(C)cc1)NCC(C)CN1CCN(C)CC1.I. The van der Waals surface area contributed by atoms with E-state index >= 15 is 0 Å². The number of guanidine groups is 1. The Bertz CT molecular complexity index is 553. The molecule has 1 aromatic rings. The van der Waals surface area contributed by atoms with Crippen LogP contribution in [0.3, 0.4) is 0 Å². The van der Waals surface area contributed by atoms with Crippen LogP contribution in [0.15, 0.2) is 29.3 Å². The maximum atomic E-state index is 4.80. The molecule has 6 heteroatoms. The Morgan fingerprint density at radius 3 is 2.43 bits per heavy atom. The van der Waals surface area contributed by atoms with Gasteiger partial charge in [0.25, 0.3) is 0 Å². The summed E-state index contributed by atoms with van der Waals surface area (Å²) in [6.45, 7) is 15.2. The number of nitrogens with zero attached hydrogens (tertiary/aromatic N) is 3. The predicted molar refractivity (Wildman–Crippen MR) is 132 cm³/mol. The highest BCUT2D eigenvalue weighted by atomic mass is 127. The molecule has 0 aliphatic carbocycles. The van der Waals surface area contributed by atoms with Crippen LogP contribution >= 0.6 is 24.0 Å². The van der Waals surface area contributed by atoms with Gasteiger partial charge in [0.15, 0.2) is 5.96 Å². The first-order chi connectivity index (χ1) is 13.1. The number of aryl methyl sites for hydroxylation is 1. The number of piperazine rings is 1. The summed E-state index contributed by atoms with van der Waals surface area (Å²) in [5, 5.41) is 7.05. The Morgan fingerprint density at radius 2 is 1.79 bits per heavy atom. The molecule has 1 aliphatic heterocycles. The molecular weight excluding hydrogens is 461 g/mol. The Hall–Kier alpha value is -0.860. The summed E-state index contributed by atoms with van der Waals surface area (Å²) in [6.07, 6.45) is 2.36. The molecule has 0 radical (unpaired) electrons. The Kier molecular flexibility index (Phi) is 12.7. The summed E-state index contributed by atoms with van der Waals surface area (Å²) in [4.78, 5) is 9.79. The van der Waals surface area contributed by atoms with Crippen molar-refractivity contribution in [3.8, 4) is 0 Å². The normalized spacial score (nSPS) is 17.1. The van der Waals surface area contributed by atoms with Gasteiger partial charge in [-0.3, -0.25) is 0 Å². The molecule has 0 spiro atoms. The van der Waals surface area contributed by atoms with Crippen molar-refractivity contribution < 1.29 is 0 Å². The van der Waals surface area contributed by atoms with E-state index in [-0.39, 0.29) is 24.0 Å². The number of rotatable bonds is 9. The molecule has 0 saturated carbocycles. The van der Waals surface area contributed by atoms with E-state index in [1.807, 2.05) is 0 Å². The average molecular weight is 502 g/mol. The third kappa shape index (κ3) is 10.1. The quantitative estimate of drug-likeness (QED) is 0.236. The highest BCUT2D eigenvalue weighted by Crippen LogP contribution is 2.05. The summed E-state index contributed by atoms with van der Waals surface area (Å²) >= 11 is 0. The highest BCUT2D eigenvalue weighted by molar-refractivity contribution is 14.0. The Labute approximate surface area is 189 Å². The van der Waals surface area contributed by atoms with Crippen molar-refractivity contribution in [3.05, 3.63) is 35.4 Å². The van der Waals surface area contributed by atoms with Gasteiger partial charge in [0, 0.05) is 45.8 Å². The summed E-state index contributed by atoms with van der Waals surface area (Å²) in [7, 11) is 2.21. The largest absolute Gasteiger partial charge is 0.356 e. The van der Waals surface area contributed by atoms with Gasteiger partial charge in [0.2, 0.25) is 0 Å². The lowest BCUT2D eigenvalue weighted by atomic mass is 10.1. The summed E-state index contributed by atoms with van der Waals surface area (Å²) < 4.78 is 0. The first-order valence-electron chi connectivity index (χ1n) is 10.6. The van der Waals surface area contributed by atoms with E-state index in [1.54, 1.807) is 0 Å². The van der Waals surface area contributed by atoms with Gasteiger partial charge in [-0.05, 0) is 31.9 Å². The van der Waals surface area contributed by atoms with Crippen LogP contribution in [0.5, 0.6) is 0 Å². The molecule has 1 aliphatic rings. The first kappa shape index (κ1) is 25.2. The van der Waals surface area contributed by atoms with Crippen LogP contribution in [0.1, 0.15) is 37.8 Å². The maximum Gasteiger partial charge on any atom is 0.191 e. The predicted octanol–water partition coefficient (Wildman–Crippen LogP) is 3.33. The van der Waals surface area contributed by atoms with Crippen LogP contribution in [-0.4, -0.2) is 68.6 Å². The van der Waals surface area contributed by atoms with Gasteiger partial charge in [-0.1, -0.05) is 50.1 Å². The van der Waals surface area contributed by atoms with Crippen molar-refractivity contribution in [2.45, 2.75) is 40.2 Å². The van der Waals surface area contributed by atoms with Gasteiger partial charge in [0.05, 0.1) is 6.54 Å². The smallest absolute Gasteiger partial charge is 0.191 e. The van der Waals surface area contributed by atoms with Crippen molar-refractivity contribution in [1.82, 2.24) is 20.4 Å². The molecular formula is C22H40IN5. The molecule has 0 bridgehead atoms. The van der Waals surface area contributed by atoms with Crippen LogP contribution in [0.2, 0.25) is 0 Å². The molecule has 1 heterocycles. The Morgan fingerprint density at radius 1 is 1.11 bits per heavy atom. The third-order valence-electron chi connectivity index (χ3n) is 5.15. The Balaban J connectivity index is 0.00000392. The lowest BCUT2D eigenvalue weighted by Gasteiger charge is -2.34. The fourth-order valence-corrected chi connectivity index (χ4v) is 3.23. The van der Waals surface area contributed by atoms with Crippen LogP contribution in [0, 0.1) is 12.8 Å². The molecule has 0 amide bonds. The molecule has 160 valence electrons. The zero-order chi connectivity index (χ0) is 19.5. The van der Waals surface area contributed by atoms with E-state index in [0.717, 1.165) is 25.6 Å². The van der Waals surface area contributed by atoms with Gasteiger partial charge in [-0.25, -0.2) is 4.99 Å². The van der Waals surface area contributed by atoms with Gasteiger partial charge in [-0.2, -0.15) is 0 Å². The van der Waals surface area contributed by atoms with E-state index in [4.69, 9.17) is 4.99 Å². The van der Waals surface area contributed by atoms with Crippen molar-refractivity contribution in [2.75, 3.05) is 52.9 Å². The topological polar surface area (TPSA) is 42.9 Å². The van der Waals surface area contributed by atoms with E-state index in [0.29, 0.717) is 12.5 Å². The maximum absolute atomic E-state index is 4.80. The number of likely N-dealkylation sites (N-methyl/N-ethyl adjacent to an activating group) is 1. The van der Waals surface area contributed by atoms with Crippen molar-refractivity contribution >= 4 is 29.9 Å². The second kappa shape index (κ2) is 14.2. The number of hydrogen-bond acceptors (Lipinski definition) is 3. The van der Waals surface area contributed by atoms with Gasteiger partial charge >= 0.3 is 0 Å². The number of halogens is 1. The van der Waals surface area contributed by atoms with E-state index in [9.17, 15) is 0 Å². The standard InChI is InChI=1S/C22H39N5.HI/c1-5-6-11-23-22(25-17-21-9-7-19(2)8-10-21)24-16-20(3)18-27-14-12-26(4)13-15-27;/h7-10,20H,5-6,11-18H2,1-4H3,(H2,23,24,25);1H. The van der Waals surface area contributed by atoms with Crippen LogP contribution in [0.4, 0.5) is 0 Å². The zero-order valence-electron chi connectivity index (χ0n) is 18.2. The molecule has 1 aromatic carbocycles. The number of benzene rings is 1. The fraction of sp³-hybridized carbons (Fsp3) is 0.682. The van der Waals surface area contributed by atoms with Gasteiger partial charge in [-0.15, -0.1) is 24.0 Å². The van der Waals surface area contributed by atoms with Crippen LogP contribution < -0.4 is 10.6 Å². The number of hydrogen-bond donors (Lipinski definition) is 2. The van der Waals surface area contributed by atoms with Gasteiger partial charge in [0.1, 0.15) is 0 Å². The monoisotopic (exact) mass is 501 g/mol. The van der Waals surface area contributed by atoms with Crippen molar-refractivity contribution in [2.24, 2.45) is 10.9 Å². The molecule has 1 fully saturated rings. The molecule has 2 N–H and O–H groups in total. The minimum absolute atomic E-state index is 0. The van der Waals surface area contributed by atoms with Crippen LogP contribution in [-0.2, 0) is 6.54 Å². The summed E-state index contributed by atoms with van der Waals surface area (Å²) in [5.41, 5.74) is 2.54. The van der Waals surface area contributed by atoms with E-state index in [2.05, 4.69) is 72.5 Å². The number of nitrogens with one attached hydrogen (secondary N) is 2. The average Bonchev–Trinajstić information content (AvgIpc) is 2.67. The zero-order valence-corrected chi connectivity index (χ0v) is 20.5. The highest BCUT2D eigenvalue weighted by Gasteiger charge is 2.16. The molecule has 2 rings (SSSR count). The summed E-state index contributed by atoms with van der Waals surface area (Å²) in [6, 6.07) is 8.64. The lowest BCUT2D eigenvalue weighted by molar-refractivity contribution is 0.139. The lowest BCUT2D eigenvalue weighted by Crippen LogP contribution is -2.47. The second-order valence-corrected chi connectivity index (χ2v) is 8.02. The molecule has 0 aromatic heterocycles. The minimum atomic E-state index is 0. The second-order valence-electron chi connectivity index (χ2n) is 8.02. The van der Waals surface area contributed by atoms with E-state index in [1.165, 1.54) is 50.1 Å². The molecule has 1 saturated heterocycles. The van der Waals surface area contributed by atoms with Gasteiger partial charge < -0.3 is 20.4 Å². The van der Waals surface area contributed by atoms with Crippen LogP contribution in [0.25, 0.3) is 0 Å². The minimum Gasteiger partial charge on any atom is -0.356 e. The number of unbranched alkanes of at least 4 members (excludes halogenated alkanes) is 1. The van der Waals surface area contributed by atoms with Crippen molar-refractivity contribution in [3.63, 3.8) is 0 Å². The number of aliphatic imine (C=N–C) groups is 1. The van der Waals surface area contributed by atoms with E-state index < -0.39 is 0 Å². The fourth-order valence-electron chi connectivity index (χ4n) is 3.23. The molecule has 5 nitrogen and oxygen atoms in total. The molecule has 28 heavy (non-hydrogen) atoms. The molecule has 1 unspecified atom stereocenters. The third-order valence-corrected chi connectivity index (χ3v) is 5.15.